The molecule has 0 radical (unpaired) electrons. The number of ether oxygens (including phenoxy) is 1. The first-order chi connectivity index (χ1) is 11.2. The predicted molar refractivity (Wildman–Crippen MR) is 92.0 cm³/mol. The van der Waals surface area contributed by atoms with E-state index in [0.717, 1.165) is 12.8 Å². The van der Waals surface area contributed by atoms with E-state index in [9.17, 15) is 14.7 Å². The van der Waals surface area contributed by atoms with Crippen LogP contribution in [0.2, 0.25) is 0 Å². The third kappa shape index (κ3) is 2.97. The van der Waals surface area contributed by atoms with E-state index in [1.165, 1.54) is 16.2 Å². The number of carboxylic acid groups (broad SMARTS) is 1. The number of carboxylic acids is 1. The molecule has 2 aliphatic rings. The fraction of sp³-hybridized carbons (Fsp3) is 0.667. The number of nitrogens with zero attached hydrogens (tertiary/aromatic N) is 1. The molecule has 3 rings (SSSR count). The molecule has 132 valence electrons. The molecule has 1 aliphatic carbocycles. The number of thiophene rings is 1. The van der Waals surface area contributed by atoms with Crippen molar-refractivity contribution < 1.29 is 19.4 Å². The van der Waals surface area contributed by atoms with Crippen molar-refractivity contribution in [3.05, 3.63) is 22.4 Å². The Bertz CT molecular complexity index is 611. The number of hydrogen-bond acceptors (Lipinski definition) is 4. The number of carbonyl (C=O) groups excluding carboxylic acids is 1. The van der Waals surface area contributed by atoms with Gasteiger partial charge in [-0.25, -0.2) is 4.79 Å². The fourth-order valence-corrected chi connectivity index (χ4v) is 4.67. The molecule has 6 heteroatoms. The molecule has 1 aliphatic heterocycles. The summed E-state index contributed by atoms with van der Waals surface area (Å²) in [5.74, 6) is -0.645. The zero-order valence-corrected chi connectivity index (χ0v) is 15.3. The van der Waals surface area contributed by atoms with Crippen LogP contribution in [0.3, 0.4) is 0 Å². The van der Waals surface area contributed by atoms with Crippen molar-refractivity contribution in [1.82, 2.24) is 4.90 Å². The van der Waals surface area contributed by atoms with E-state index in [0.29, 0.717) is 23.6 Å². The first kappa shape index (κ1) is 17.4. The first-order valence-corrected chi connectivity index (χ1v) is 9.36. The van der Waals surface area contributed by atoms with E-state index in [1.807, 2.05) is 11.4 Å². The van der Waals surface area contributed by atoms with Gasteiger partial charge < -0.3 is 9.84 Å². The summed E-state index contributed by atoms with van der Waals surface area (Å²) in [6.07, 6.45) is 3.31. The molecule has 0 aromatic carbocycles. The highest BCUT2D eigenvalue weighted by molar-refractivity contribution is 7.12. The third-order valence-corrected chi connectivity index (χ3v) is 6.35. The van der Waals surface area contributed by atoms with E-state index >= 15 is 0 Å². The number of aliphatic carboxylic acids is 1. The Morgan fingerprint density at radius 3 is 2.50 bits per heavy atom. The Balaban J connectivity index is 1.87. The van der Waals surface area contributed by atoms with Crippen molar-refractivity contribution in [2.24, 2.45) is 11.3 Å². The second-order valence-corrected chi connectivity index (χ2v) is 8.85. The van der Waals surface area contributed by atoms with Crippen LogP contribution in [0, 0.1) is 11.3 Å². The molecule has 0 unspecified atom stereocenters. The van der Waals surface area contributed by atoms with Gasteiger partial charge in [0.2, 0.25) is 0 Å². The monoisotopic (exact) mass is 351 g/mol. The second-order valence-electron chi connectivity index (χ2n) is 7.90. The van der Waals surface area contributed by atoms with Gasteiger partial charge in [-0.1, -0.05) is 26.8 Å². The molecule has 1 aromatic heterocycles. The topological polar surface area (TPSA) is 66.8 Å². The van der Waals surface area contributed by atoms with Gasteiger partial charge >= 0.3 is 5.97 Å². The van der Waals surface area contributed by atoms with Crippen molar-refractivity contribution in [2.45, 2.75) is 58.2 Å². The zero-order chi connectivity index (χ0) is 17.5. The van der Waals surface area contributed by atoms with Gasteiger partial charge in [0.25, 0.3) is 5.91 Å². The molecule has 1 N–H and O–H groups in total. The summed E-state index contributed by atoms with van der Waals surface area (Å²) in [7, 11) is 0. The Morgan fingerprint density at radius 1 is 1.33 bits per heavy atom. The highest BCUT2D eigenvalue weighted by Gasteiger charge is 2.54. The molecule has 1 saturated heterocycles. The van der Waals surface area contributed by atoms with Crippen LogP contribution in [0.4, 0.5) is 0 Å². The maximum absolute atomic E-state index is 13.0. The normalized spacial score (nSPS) is 30.7. The largest absolute Gasteiger partial charge is 0.480 e. The lowest BCUT2D eigenvalue weighted by Crippen LogP contribution is -2.55. The lowest BCUT2D eigenvalue weighted by Gasteiger charge is -2.45. The van der Waals surface area contributed by atoms with Crippen LogP contribution in [-0.2, 0) is 9.53 Å². The predicted octanol–water partition coefficient (Wildman–Crippen LogP) is 3.61. The Hall–Kier alpha value is -1.40. The average molecular weight is 351 g/mol. The third-order valence-electron chi connectivity index (χ3n) is 5.49. The van der Waals surface area contributed by atoms with Gasteiger partial charge in [-0.3, -0.25) is 9.69 Å². The molecule has 24 heavy (non-hydrogen) atoms. The maximum atomic E-state index is 13.0. The summed E-state index contributed by atoms with van der Waals surface area (Å²) in [5, 5.41) is 11.4. The van der Waals surface area contributed by atoms with Crippen LogP contribution in [-0.4, -0.2) is 40.3 Å². The van der Waals surface area contributed by atoms with Gasteiger partial charge in [0.15, 0.2) is 6.04 Å². The van der Waals surface area contributed by atoms with Crippen LogP contribution >= 0.6 is 11.3 Å². The fourth-order valence-electron chi connectivity index (χ4n) is 4.01. The van der Waals surface area contributed by atoms with Crippen LogP contribution in [0.25, 0.3) is 0 Å². The van der Waals surface area contributed by atoms with Crippen molar-refractivity contribution in [3.63, 3.8) is 0 Å². The first-order valence-electron chi connectivity index (χ1n) is 8.48. The van der Waals surface area contributed by atoms with E-state index < -0.39 is 17.7 Å². The number of carbonyl (C=O) groups is 2. The average Bonchev–Trinajstić information content (AvgIpc) is 3.14. The number of rotatable bonds is 2. The maximum Gasteiger partial charge on any atom is 0.328 e. The molecule has 1 spiro atoms. The minimum Gasteiger partial charge on any atom is -0.480 e. The van der Waals surface area contributed by atoms with Gasteiger partial charge in [0, 0.05) is 0 Å². The van der Waals surface area contributed by atoms with Crippen molar-refractivity contribution in [1.29, 1.82) is 0 Å². The lowest BCUT2D eigenvalue weighted by molar-refractivity contribution is -0.144. The molecular weight excluding hydrogens is 326 g/mol. The van der Waals surface area contributed by atoms with Crippen molar-refractivity contribution in [2.75, 3.05) is 6.61 Å². The minimum atomic E-state index is -0.991. The molecular formula is C18H25NO4S. The Labute approximate surface area is 146 Å². The van der Waals surface area contributed by atoms with Crippen LogP contribution in [0.15, 0.2) is 17.5 Å². The van der Waals surface area contributed by atoms with Gasteiger partial charge in [-0.2, -0.15) is 0 Å². The highest BCUT2D eigenvalue weighted by atomic mass is 32.1. The minimum absolute atomic E-state index is 0.0760. The molecule has 5 nitrogen and oxygen atoms in total. The molecule has 1 saturated carbocycles. The highest BCUT2D eigenvalue weighted by Crippen LogP contribution is 2.47. The zero-order valence-electron chi connectivity index (χ0n) is 14.4. The van der Waals surface area contributed by atoms with Crippen LogP contribution in [0.1, 0.15) is 56.1 Å². The summed E-state index contributed by atoms with van der Waals surface area (Å²) in [4.78, 5) is 26.7. The quantitative estimate of drug-likeness (QED) is 0.884. The molecule has 2 fully saturated rings. The number of hydrogen-bond donors (Lipinski definition) is 1. The van der Waals surface area contributed by atoms with Gasteiger partial charge in [0.05, 0.1) is 11.5 Å². The summed E-state index contributed by atoms with van der Waals surface area (Å²) in [6, 6.07) is 2.66. The van der Waals surface area contributed by atoms with Crippen molar-refractivity contribution >= 4 is 23.2 Å². The molecule has 1 amide bonds. The van der Waals surface area contributed by atoms with Gasteiger partial charge in [-0.05, 0) is 48.5 Å². The molecule has 0 bridgehead atoms. The molecule has 1 aromatic rings. The SMILES string of the molecule is CC(C)(C)C1CCC2(CC1)OC[C@@H](C(=O)O)N2C(=O)c1cccs1. The van der Waals surface area contributed by atoms with Gasteiger partial charge in [0.1, 0.15) is 5.72 Å². The summed E-state index contributed by atoms with van der Waals surface area (Å²) in [6.45, 7) is 6.78. The van der Waals surface area contributed by atoms with Gasteiger partial charge in [-0.15, -0.1) is 11.3 Å². The van der Waals surface area contributed by atoms with E-state index in [2.05, 4.69) is 20.8 Å². The smallest absolute Gasteiger partial charge is 0.328 e. The molecule has 2 heterocycles. The Morgan fingerprint density at radius 2 is 2.00 bits per heavy atom. The standard InChI is InChI=1S/C18H25NO4S/c1-17(2,3)12-6-8-18(9-7-12)19(13(11-23-18)16(21)22)15(20)14-5-4-10-24-14/h4-5,10,12-13H,6-9,11H2,1-3H3,(H,21,22)/t12?,13-,18?/m0/s1. The molecule has 1 atom stereocenters. The van der Waals surface area contributed by atoms with Crippen LogP contribution in [0.5, 0.6) is 0 Å². The van der Waals surface area contributed by atoms with Crippen LogP contribution < -0.4 is 0 Å². The summed E-state index contributed by atoms with van der Waals surface area (Å²) < 4.78 is 5.98. The lowest BCUT2D eigenvalue weighted by atomic mass is 9.70. The van der Waals surface area contributed by atoms with Crippen molar-refractivity contribution in [3.8, 4) is 0 Å². The number of amides is 1. The van der Waals surface area contributed by atoms with E-state index in [-0.39, 0.29) is 17.9 Å². The second kappa shape index (κ2) is 6.15. The summed E-state index contributed by atoms with van der Waals surface area (Å²) in [5.41, 5.74) is -0.541. The Kier molecular flexibility index (Phi) is 4.47. The van der Waals surface area contributed by atoms with E-state index in [4.69, 9.17) is 4.74 Å². The van der Waals surface area contributed by atoms with E-state index in [1.54, 1.807) is 6.07 Å². The summed E-state index contributed by atoms with van der Waals surface area (Å²) >= 11 is 1.34.